The van der Waals surface area contributed by atoms with E-state index in [9.17, 15) is 15.0 Å². The maximum Gasteiger partial charge on any atom is 0.162 e. The molecule has 0 aliphatic rings. The lowest BCUT2D eigenvalue weighted by Crippen LogP contribution is -2.42. The van der Waals surface area contributed by atoms with E-state index in [0.717, 1.165) is 38.8 Å². The van der Waals surface area contributed by atoms with Crippen molar-refractivity contribution in [3.8, 4) is 5.75 Å². The second kappa shape index (κ2) is 25.8. The lowest BCUT2D eigenvalue weighted by atomic mass is 10.0. The molecule has 5 heteroatoms. The van der Waals surface area contributed by atoms with Crippen molar-refractivity contribution in [3.05, 3.63) is 29.8 Å². The minimum Gasteiger partial charge on any atom is -0.508 e. The number of nitrogens with one attached hydrogen (secondary N) is 2. The van der Waals surface area contributed by atoms with Crippen LogP contribution in [0.1, 0.15) is 159 Å². The zero-order valence-electron chi connectivity index (χ0n) is 24.7. The maximum absolute atomic E-state index is 12.1. The summed E-state index contributed by atoms with van der Waals surface area (Å²) in [5.41, 5.74) is 0.695. The Kier molecular flexibility index (Phi) is 23.5. The summed E-state index contributed by atoms with van der Waals surface area (Å²) in [5.74, 6) is 0.371. The van der Waals surface area contributed by atoms with Crippen LogP contribution in [0.2, 0.25) is 0 Å². The maximum atomic E-state index is 12.1. The van der Waals surface area contributed by atoms with Gasteiger partial charge in [0.25, 0.3) is 0 Å². The number of ketones is 1. The molecule has 5 nitrogen and oxygen atoms in total. The number of phenols is 1. The van der Waals surface area contributed by atoms with Gasteiger partial charge in [0.05, 0.1) is 0 Å². The van der Waals surface area contributed by atoms with Gasteiger partial charge in [-0.05, 0) is 56.6 Å². The van der Waals surface area contributed by atoms with Crippen LogP contribution in [0, 0.1) is 0 Å². The van der Waals surface area contributed by atoms with E-state index >= 15 is 0 Å². The van der Waals surface area contributed by atoms with Crippen LogP contribution in [-0.2, 0) is 0 Å². The number of phenolic OH excluding ortho intramolecular Hbond substituents is 1. The first-order valence-corrected chi connectivity index (χ1v) is 16.1. The smallest absolute Gasteiger partial charge is 0.162 e. The number of benzene rings is 1. The Hall–Kier alpha value is -1.43. The number of unbranched alkanes of at least 4 members (excludes halogenated alkanes) is 19. The van der Waals surface area contributed by atoms with Gasteiger partial charge in [0, 0.05) is 12.0 Å². The Labute approximate surface area is 234 Å². The van der Waals surface area contributed by atoms with Crippen molar-refractivity contribution in [2.24, 2.45) is 0 Å². The van der Waals surface area contributed by atoms with Crippen LogP contribution < -0.4 is 10.6 Å². The van der Waals surface area contributed by atoms with Crippen molar-refractivity contribution in [1.29, 1.82) is 0 Å². The Balaban J connectivity index is 1.75. The molecule has 0 fully saturated rings. The van der Waals surface area contributed by atoms with Crippen molar-refractivity contribution >= 4 is 5.78 Å². The van der Waals surface area contributed by atoms with Crippen LogP contribution >= 0.6 is 0 Å². The van der Waals surface area contributed by atoms with Gasteiger partial charge in [0.1, 0.15) is 5.75 Å². The molecule has 0 radical (unpaired) electrons. The summed E-state index contributed by atoms with van der Waals surface area (Å²) < 4.78 is 0. The molecular weight excluding hydrogens is 472 g/mol. The molecule has 0 saturated carbocycles. The second-order valence-corrected chi connectivity index (χ2v) is 11.1. The molecule has 0 bridgehead atoms. The predicted molar refractivity (Wildman–Crippen MR) is 162 cm³/mol. The van der Waals surface area contributed by atoms with Crippen LogP contribution in [0.25, 0.3) is 0 Å². The molecule has 0 saturated heterocycles. The molecule has 0 aliphatic heterocycles. The van der Waals surface area contributed by atoms with Crippen molar-refractivity contribution < 1.29 is 15.0 Å². The first-order chi connectivity index (χ1) is 18.6. The molecular formula is C33H60N2O3. The second-order valence-electron chi connectivity index (χ2n) is 11.1. The van der Waals surface area contributed by atoms with Crippen molar-refractivity contribution in [2.75, 3.05) is 13.1 Å². The fourth-order valence-electron chi connectivity index (χ4n) is 4.96. The van der Waals surface area contributed by atoms with Gasteiger partial charge in [-0.3, -0.25) is 15.4 Å². The fraction of sp³-hybridized carbons (Fsp3) is 0.788. The number of aliphatic hydroxyl groups is 1. The molecule has 0 heterocycles. The molecule has 1 unspecified atom stereocenters. The van der Waals surface area contributed by atoms with Gasteiger partial charge in [-0.15, -0.1) is 0 Å². The Morgan fingerprint density at radius 3 is 1.39 bits per heavy atom. The lowest BCUT2D eigenvalue weighted by molar-refractivity contribution is 0.0978. The minimum atomic E-state index is -0.580. The Bertz CT molecular complexity index is 650. The summed E-state index contributed by atoms with van der Waals surface area (Å²) in [6, 6.07) is 6.54. The third-order valence-electron chi connectivity index (χ3n) is 7.48. The highest BCUT2D eigenvalue weighted by Crippen LogP contribution is 2.15. The monoisotopic (exact) mass is 532 g/mol. The average Bonchev–Trinajstić information content (AvgIpc) is 2.92. The number of Topliss-reactive ketones (excluding diaryl/α,β-unsaturated/α-hetero) is 1. The highest BCUT2D eigenvalue weighted by Gasteiger charge is 2.05. The molecule has 0 aromatic heterocycles. The van der Waals surface area contributed by atoms with Crippen molar-refractivity contribution in [3.63, 3.8) is 0 Å². The number of hydrogen-bond acceptors (Lipinski definition) is 5. The quantitative estimate of drug-likeness (QED) is 0.0493. The number of hydrogen-bond donors (Lipinski definition) is 4. The number of rotatable bonds is 28. The molecule has 1 aromatic rings. The summed E-state index contributed by atoms with van der Waals surface area (Å²) in [6.07, 6.45) is 26.9. The molecule has 38 heavy (non-hydrogen) atoms. The largest absolute Gasteiger partial charge is 0.508 e. The lowest BCUT2D eigenvalue weighted by Gasteiger charge is -2.14. The summed E-state index contributed by atoms with van der Waals surface area (Å²) in [4.78, 5) is 12.1. The molecule has 1 aromatic carbocycles. The van der Waals surface area contributed by atoms with E-state index in [1.807, 2.05) is 0 Å². The zero-order chi connectivity index (χ0) is 27.5. The van der Waals surface area contributed by atoms with Gasteiger partial charge >= 0.3 is 0 Å². The third-order valence-corrected chi connectivity index (χ3v) is 7.48. The van der Waals surface area contributed by atoms with E-state index < -0.39 is 6.35 Å². The van der Waals surface area contributed by atoms with Gasteiger partial charge in [-0.25, -0.2) is 0 Å². The topological polar surface area (TPSA) is 81.6 Å². The van der Waals surface area contributed by atoms with E-state index in [-0.39, 0.29) is 11.5 Å². The molecule has 1 rings (SSSR count). The first-order valence-electron chi connectivity index (χ1n) is 16.1. The van der Waals surface area contributed by atoms with Gasteiger partial charge in [0.15, 0.2) is 12.1 Å². The molecule has 220 valence electrons. The highest BCUT2D eigenvalue weighted by molar-refractivity contribution is 5.96. The predicted octanol–water partition coefficient (Wildman–Crippen LogP) is 8.63. The Morgan fingerprint density at radius 2 is 0.974 bits per heavy atom. The summed E-state index contributed by atoms with van der Waals surface area (Å²) in [7, 11) is 0. The van der Waals surface area contributed by atoms with Crippen molar-refractivity contribution in [1.82, 2.24) is 10.6 Å². The van der Waals surface area contributed by atoms with E-state index in [1.165, 1.54) is 109 Å². The molecule has 1 atom stereocenters. The molecule has 0 aliphatic carbocycles. The third kappa shape index (κ3) is 21.5. The van der Waals surface area contributed by atoms with Gasteiger partial charge < -0.3 is 10.2 Å². The first kappa shape index (κ1) is 34.6. The zero-order valence-corrected chi connectivity index (χ0v) is 24.7. The number of carbonyl (C=O) groups excluding carboxylic acids is 1. The van der Waals surface area contributed by atoms with Crippen LogP contribution in [-0.4, -0.2) is 35.4 Å². The Morgan fingerprint density at radius 1 is 0.605 bits per heavy atom. The van der Waals surface area contributed by atoms with Gasteiger partial charge in [-0.1, -0.05) is 122 Å². The SMILES string of the molecule is CCCCCCCCCCCCCCNC(O)NCCCCCCCCCCCC(=O)c1ccc(O)cc1. The van der Waals surface area contributed by atoms with Crippen LogP contribution in [0.4, 0.5) is 0 Å². The van der Waals surface area contributed by atoms with Crippen LogP contribution in [0.5, 0.6) is 5.75 Å². The molecule has 0 spiro atoms. The van der Waals surface area contributed by atoms with E-state index in [1.54, 1.807) is 24.3 Å². The van der Waals surface area contributed by atoms with Gasteiger partial charge in [0.2, 0.25) is 0 Å². The summed E-state index contributed by atoms with van der Waals surface area (Å²) in [6.45, 7) is 4.02. The van der Waals surface area contributed by atoms with Crippen LogP contribution in [0.3, 0.4) is 0 Å². The molecule has 0 amide bonds. The van der Waals surface area contributed by atoms with Gasteiger partial charge in [-0.2, -0.15) is 0 Å². The number of carbonyl (C=O) groups is 1. The van der Waals surface area contributed by atoms with Crippen molar-refractivity contribution in [2.45, 2.75) is 155 Å². The average molecular weight is 533 g/mol. The highest BCUT2D eigenvalue weighted by atomic mass is 16.3. The van der Waals surface area contributed by atoms with Crippen LogP contribution in [0.15, 0.2) is 24.3 Å². The molecule has 4 N–H and O–H groups in total. The number of aliphatic hydroxyl groups excluding tert-OH is 1. The normalized spacial score (nSPS) is 12.2. The number of aromatic hydroxyl groups is 1. The van der Waals surface area contributed by atoms with E-state index in [4.69, 9.17) is 0 Å². The minimum absolute atomic E-state index is 0.170. The summed E-state index contributed by atoms with van der Waals surface area (Å²) in [5, 5.41) is 25.7. The standard InChI is InChI=1S/C33H60N2O3/c1-2-3-4-5-6-7-8-9-12-15-18-21-28-34-33(38)35-29-22-19-16-13-10-11-14-17-20-23-32(37)30-24-26-31(36)27-25-30/h24-27,33-36,38H,2-23,28-29H2,1H3. The van der Waals surface area contributed by atoms with E-state index in [2.05, 4.69) is 17.6 Å². The summed E-state index contributed by atoms with van der Waals surface area (Å²) >= 11 is 0. The fourth-order valence-corrected chi connectivity index (χ4v) is 4.96. The van der Waals surface area contributed by atoms with E-state index in [0.29, 0.717) is 12.0 Å².